The number of hydrogen-bond acceptors (Lipinski definition) is 4. The smallest absolute Gasteiger partial charge is 0.265 e. The van der Waals surface area contributed by atoms with Gasteiger partial charge in [0.1, 0.15) is 6.10 Å². The molecule has 5 nitrogen and oxygen atoms in total. The maximum absolute atomic E-state index is 12.0. The summed E-state index contributed by atoms with van der Waals surface area (Å²) in [5, 5.41) is 5.99. The molecular formula is C14H20N2O3. The van der Waals surface area contributed by atoms with Gasteiger partial charge in [-0.15, -0.1) is 0 Å². The SMILES string of the molecule is CCNCCNC(=O)C1Oc2ccccc2OC1C. The van der Waals surface area contributed by atoms with Crippen molar-refractivity contribution in [3.63, 3.8) is 0 Å². The molecule has 0 aliphatic carbocycles. The van der Waals surface area contributed by atoms with Gasteiger partial charge in [-0.1, -0.05) is 19.1 Å². The van der Waals surface area contributed by atoms with Crippen molar-refractivity contribution in [2.75, 3.05) is 19.6 Å². The number of rotatable bonds is 5. The van der Waals surface area contributed by atoms with E-state index < -0.39 is 6.10 Å². The first-order valence-electron chi connectivity index (χ1n) is 6.63. The highest BCUT2D eigenvalue weighted by atomic mass is 16.6. The molecule has 0 saturated carbocycles. The van der Waals surface area contributed by atoms with Crippen molar-refractivity contribution in [3.8, 4) is 11.5 Å². The molecule has 1 heterocycles. The lowest BCUT2D eigenvalue weighted by molar-refractivity contribution is -0.133. The second kappa shape index (κ2) is 6.43. The summed E-state index contributed by atoms with van der Waals surface area (Å²) in [6.07, 6.45) is -0.898. The maximum atomic E-state index is 12.0. The first-order valence-corrected chi connectivity index (χ1v) is 6.63. The van der Waals surface area contributed by atoms with Crippen LogP contribution >= 0.6 is 0 Å². The Balaban J connectivity index is 1.92. The molecule has 0 fully saturated rings. The first-order chi connectivity index (χ1) is 9.22. The molecule has 0 radical (unpaired) electrons. The Morgan fingerprint density at radius 2 is 1.89 bits per heavy atom. The molecule has 1 aliphatic heterocycles. The molecule has 1 amide bonds. The van der Waals surface area contributed by atoms with Crippen molar-refractivity contribution < 1.29 is 14.3 Å². The van der Waals surface area contributed by atoms with Gasteiger partial charge in [-0.05, 0) is 25.6 Å². The summed E-state index contributed by atoms with van der Waals surface area (Å²) in [6, 6.07) is 7.38. The number of carbonyl (C=O) groups excluding carboxylic acids is 1. The largest absolute Gasteiger partial charge is 0.482 e. The monoisotopic (exact) mass is 264 g/mol. The van der Waals surface area contributed by atoms with E-state index in [0.29, 0.717) is 18.0 Å². The third-order valence-electron chi connectivity index (χ3n) is 2.95. The second-order valence-electron chi connectivity index (χ2n) is 4.45. The molecule has 0 aromatic heterocycles. The van der Waals surface area contributed by atoms with E-state index in [4.69, 9.17) is 9.47 Å². The van der Waals surface area contributed by atoms with E-state index in [9.17, 15) is 4.79 Å². The molecule has 1 aromatic rings. The summed E-state index contributed by atoms with van der Waals surface area (Å²) in [5.41, 5.74) is 0. The Morgan fingerprint density at radius 1 is 1.21 bits per heavy atom. The van der Waals surface area contributed by atoms with Crippen molar-refractivity contribution in [2.24, 2.45) is 0 Å². The molecule has 2 N–H and O–H groups in total. The third-order valence-corrected chi connectivity index (χ3v) is 2.95. The summed E-state index contributed by atoms with van der Waals surface area (Å²) >= 11 is 0. The fourth-order valence-electron chi connectivity index (χ4n) is 1.96. The fraction of sp³-hybridized carbons (Fsp3) is 0.500. The number of hydrogen-bond donors (Lipinski definition) is 2. The minimum atomic E-state index is -0.600. The number of benzene rings is 1. The van der Waals surface area contributed by atoms with Gasteiger partial charge in [-0.3, -0.25) is 4.79 Å². The van der Waals surface area contributed by atoms with Gasteiger partial charge in [-0.25, -0.2) is 0 Å². The van der Waals surface area contributed by atoms with E-state index in [-0.39, 0.29) is 12.0 Å². The minimum Gasteiger partial charge on any atom is -0.482 e. The summed E-state index contributed by atoms with van der Waals surface area (Å²) in [5.74, 6) is 1.17. The number of carbonyl (C=O) groups is 1. The van der Waals surface area contributed by atoms with Gasteiger partial charge in [-0.2, -0.15) is 0 Å². The molecule has 0 saturated heterocycles. The van der Waals surface area contributed by atoms with Crippen LogP contribution in [0, 0.1) is 0 Å². The number of nitrogens with one attached hydrogen (secondary N) is 2. The molecule has 2 rings (SSSR count). The quantitative estimate of drug-likeness (QED) is 0.777. The zero-order valence-corrected chi connectivity index (χ0v) is 11.3. The van der Waals surface area contributed by atoms with Crippen LogP contribution in [0.5, 0.6) is 11.5 Å². The summed E-state index contributed by atoms with van der Waals surface area (Å²) in [6.45, 7) is 6.09. The van der Waals surface area contributed by atoms with E-state index in [1.807, 2.05) is 32.0 Å². The Morgan fingerprint density at radius 3 is 2.58 bits per heavy atom. The standard InChI is InChI=1S/C14H20N2O3/c1-3-15-8-9-16-14(17)13-10(2)18-11-6-4-5-7-12(11)19-13/h4-7,10,13,15H,3,8-9H2,1-2H3,(H,16,17). The van der Waals surface area contributed by atoms with Crippen molar-refractivity contribution >= 4 is 5.91 Å². The van der Waals surface area contributed by atoms with Gasteiger partial charge < -0.3 is 20.1 Å². The number of fused-ring (bicyclic) bond motifs is 1. The highest BCUT2D eigenvalue weighted by molar-refractivity contribution is 5.82. The van der Waals surface area contributed by atoms with E-state index in [2.05, 4.69) is 10.6 Å². The summed E-state index contributed by atoms with van der Waals surface area (Å²) in [4.78, 5) is 12.0. The molecule has 104 valence electrons. The van der Waals surface area contributed by atoms with Crippen LogP contribution in [0.25, 0.3) is 0 Å². The summed E-state index contributed by atoms with van der Waals surface area (Å²) < 4.78 is 11.4. The molecule has 19 heavy (non-hydrogen) atoms. The summed E-state index contributed by atoms with van der Waals surface area (Å²) in [7, 11) is 0. The Labute approximate surface area is 113 Å². The normalized spacial score (nSPS) is 20.9. The van der Waals surface area contributed by atoms with E-state index in [0.717, 1.165) is 13.1 Å². The molecule has 2 atom stereocenters. The van der Waals surface area contributed by atoms with Crippen LogP contribution in [-0.2, 0) is 4.79 Å². The average molecular weight is 264 g/mol. The maximum Gasteiger partial charge on any atom is 0.265 e. The number of amides is 1. The van der Waals surface area contributed by atoms with Crippen LogP contribution in [0.1, 0.15) is 13.8 Å². The molecule has 5 heteroatoms. The second-order valence-corrected chi connectivity index (χ2v) is 4.45. The van der Waals surface area contributed by atoms with Gasteiger partial charge >= 0.3 is 0 Å². The van der Waals surface area contributed by atoms with Gasteiger partial charge in [0, 0.05) is 13.1 Å². The molecule has 0 bridgehead atoms. The Kier molecular flexibility index (Phi) is 4.63. The van der Waals surface area contributed by atoms with Crippen molar-refractivity contribution in [1.82, 2.24) is 10.6 Å². The van der Waals surface area contributed by atoms with Crippen LogP contribution in [-0.4, -0.2) is 37.7 Å². The molecule has 0 spiro atoms. The first kappa shape index (κ1) is 13.7. The molecule has 2 unspecified atom stereocenters. The van der Waals surface area contributed by atoms with Crippen LogP contribution in [0.2, 0.25) is 0 Å². The molecular weight excluding hydrogens is 244 g/mol. The predicted molar refractivity (Wildman–Crippen MR) is 72.5 cm³/mol. The number of likely N-dealkylation sites (N-methyl/N-ethyl adjacent to an activating group) is 1. The van der Waals surface area contributed by atoms with Crippen LogP contribution in [0.15, 0.2) is 24.3 Å². The van der Waals surface area contributed by atoms with E-state index in [1.54, 1.807) is 6.07 Å². The van der Waals surface area contributed by atoms with Gasteiger partial charge in [0.2, 0.25) is 6.10 Å². The minimum absolute atomic E-state index is 0.139. The van der Waals surface area contributed by atoms with Crippen LogP contribution in [0.3, 0.4) is 0 Å². The Hall–Kier alpha value is -1.75. The van der Waals surface area contributed by atoms with E-state index in [1.165, 1.54) is 0 Å². The highest BCUT2D eigenvalue weighted by Crippen LogP contribution is 2.33. The van der Waals surface area contributed by atoms with Crippen LogP contribution in [0.4, 0.5) is 0 Å². The van der Waals surface area contributed by atoms with Gasteiger partial charge in [0.25, 0.3) is 5.91 Å². The highest BCUT2D eigenvalue weighted by Gasteiger charge is 2.33. The van der Waals surface area contributed by atoms with Crippen LogP contribution < -0.4 is 20.1 Å². The Bertz CT molecular complexity index is 436. The lowest BCUT2D eigenvalue weighted by Crippen LogP contribution is -2.50. The lowest BCUT2D eigenvalue weighted by Gasteiger charge is -2.31. The lowest BCUT2D eigenvalue weighted by atomic mass is 10.1. The topological polar surface area (TPSA) is 59.6 Å². The van der Waals surface area contributed by atoms with Crippen molar-refractivity contribution in [3.05, 3.63) is 24.3 Å². The third kappa shape index (κ3) is 3.38. The molecule has 1 aliphatic rings. The number of ether oxygens (including phenoxy) is 2. The zero-order chi connectivity index (χ0) is 13.7. The van der Waals surface area contributed by atoms with Gasteiger partial charge in [0.15, 0.2) is 11.5 Å². The predicted octanol–water partition coefficient (Wildman–Crippen LogP) is 0.941. The van der Waals surface area contributed by atoms with Crippen molar-refractivity contribution in [1.29, 1.82) is 0 Å². The number of para-hydroxylation sites is 2. The van der Waals surface area contributed by atoms with Gasteiger partial charge in [0.05, 0.1) is 0 Å². The zero-order valence-electron chi connectivity index (χ0n) is 11.3. The average Bonchev–Trinajstić information content (AvgIpc) is 2.42. The molecule has 1 aromatic carbocycles. The van der Waals surface area contributed by atoms with Crippen molar-refractivity contribution in [2.45, 2.75) is 26.1 Å². The fourth-order valence-corrected chi connectivity index (χ4v) is 1.96. The van der Waals surface area contributed by atoms with E-state index >= 15 is 0 Å².